The third-order valence-corrected chi connectivity index (χ3v) is 2.76. The summed E-state index contributed by atoms with van der Waals surface area (Å²) in [5.41, 5.74) is 1.12. The number of anilines is 2. The number of nitrogens with one attached hydrogen (secondary N) is 2. The molecule has 0 saturated carbocycles. The molecule has 2 N–H and O–H groups in total. The molecule has 2 aromatic rings. The molecule has 0 bridgehead atoms. The molecule has 0 saturated heterocycles. The van der Waals surface area contributed by atoms with Gasteiger partial charge >= 0.3 is 0 Å². The van der Waals surface area contributed by atoms with Crippen molar-refractivity contribution in [3.05, 3.63) is 28.8 Å². The number of nitrogens with zero attached hydrogens (tertiary/aromatic N) is 3. The molecule has 1 aromatic carbocycles. The molecule has 2 rings (SSSR count). The maximum Gasteiger partial charge on any atom is 0.259 e. The van der Waals surface area contributed by atoms with Gasteiger partial charge in [0, 0.05) is 29.3 Å². The van der Waals surface area contributed by atoms with Crippen molar-refractivity contribution in [1.29, 1.82) is 0 Å². The Morgan fingerprint density at radius 2 is 2.29 bits per heavy atom. The van der Waals surface area contributed by atoms with Crippen molar-refractivity contribution < 1.29 is 4.79 Å². The number of halogens is 1. The van der Waals surface area contributed by atoms with E-state index in [1.54, 1.807) is 25.2 Å². The summed E-state index contributed by atoms with van der Waals surface area (Å²) in [6.45, 7) is 0. The molecule has 0 aliphatic heterocycles. The summed E-state index contributed by atoms with van der Waals surface area (Å²) < 4.78 is 3.55. The molecule has 0 spiro atoms. The Bertz CT molecular complexity index is 530. The van der Waals surface area contributed by atoms with Crippen molar-refractivity contribution in [2.24, 2.45) is 0 Å². The van der Waals surface area contributed by atoms with Crippen molar-refractivity contribution in [3.63, 3.8) is 0 Å². The van der Waals surface area contributed by atoms with Crippen LogP contribution in [0, 0.1) is 0 Å². The van der Waals surface area contributed by atoms with Crippen LogP contribution in [0.2, 0.25) is 5.02 Å². The summed E-state index contributed by atoms with van der Waals surface area (Å²) >= 11 is 6.86. The molecule has 0 aliphatic carbocycles. The van der Waals surface area contributed by atoms with E-state index in [4.69, 9.17) is 11.6 Å². The van der Waals surface area contributed by atoms with Gasteiger partial charge in [-0.05, 0) is 23.4 Å². The zero-order chi connectivity index (χ0) is 12.3. The van der Waals surface area contributed by atoms with E-state index < -0.39 is 0 Å². The van der Waals surface area contributed by atoms with Gasteiger partial charge in [0.1, 0.15) is 0 Å². The summed E-state index contributed by atoms with van der Waals surface area (Å²) in [7, 11) is 1.73. The quantitative estimate of drug-likeness (QED) is 0.889. The molecule has 88 valence electrons. The Kier molecular flexibility index (Phi) is 3.50. The van der Waals surface area contributed by atoms with E-state index in [0.717, 1.165) is 11.5 Å². The van der Waals surface area contributed by atoms with Crippen molar-refractivity contribution in [2.75, 3.05) is 17.7 Å². The van der Waals surface area contributed by atoms with E-state index in [1.807, 2.05) is 0 Å². The Balaban J connectivity index is 2.26. The predicted octanol–water partition coefficient (Wildman–Crippen LogP) is 1.88. The number of aromatic nitrogens is 3. The predicted molar refractivity (Wildman–Crippen MR) is 66.7 cm³/mol. The highest BCUT2D eigenvalue weighted by atomic mass is 35.5. The molecular formula is C9H8ClN5OS. The molecule has 0 fully saturated rings. The number of carbonyl (C=O) groups excluding carboxylic acids is 1. The van der Waals surface area contributed by atoms with Crippen LogP contribution in [0.5, 0.6) is 0 Å². The van der Waals surface area contributed by atoms with Crippen LogP contribution in [-0.4, -0.2) is 27.8 Å². The average Bonchev–Trinajstić information content (AvgIpc) is 2.81. The van der Waals surface area contributed by atoms with Crippen molar-refractivity contribution in [3.8, 4) is 0 Å². The standard InChI is InChI=1S/C9H8ClN5OS/c1-11-7-3-2-5(10)4-6(7)8(16)12-9-13-14-15-17-9/h2-4,11H,1H3,(H,12,13,15,16). The SMILES string of the molecule is CNc1ccc(Cl)cc1C(=O)Nc1nnns1. The second-order valence-corrected chi connectivity index (χ2v) is 4.23. The molecule has 0 radical (unpaired) electrons. The van der Waals surface area contributed by atoms with E-state index in [-0.39, 0.29) is 5.91 Å². The maximum atomic E-state index is 11.9. The lowest BCUT2D eigenvalue weighted by Crippen LogP contribution is -2.13. The first-order valence-corrected chi connectivity index (χ1v) is 5.79. The van der Waals surface area contributed by atoms with Gasteiger partial charge in [-0.2, -0.15) is 0 Å². The summed E-state index contributed by atoms with van der Waals surface area (Å²) in [5.74, 6) is -0.310. The summed E-state index contributed by atoms with van der Waals surface area (Å²) in [4.78, 5) is 11.9. The van der Waals surface area contributed by atoms with Gasteiger partial charge in [-0.3, -0.25) is 10.1 Å². The second kappa shape index (κ2) is 5.07. The zero-order valence-corrected chi connectivity index (χ0v) is 10.3. The van der Waals surface area contributed by atoms with Gasteiger partial charge in [0.15, 0.2) is 0 Å². The summed E-state index contributed by atoms with van der Waals surface area (Å²) in [6, 6.07) is 5.02. The van der Waals surface area contributed by atoms with Gasteiger partial charge in [0.25, 0.3) is 5.91 Å². The lowest BCUT2D eigenvalue weighted by molar-refractivity contribution is 0.102. The van der Waals surface area contributed by atoms with E-state index in [9.17, 15) is 4.79 Å². The molecule has 1 amide bonds. The highest BCUT2D eigenvalue weighted by Gasteiger charge is 2.13. The summed E-state index contributed by atoms with van der Waals surface area (Å²) in [5, 5.41) is 13.4. The smallest absolute Gasteiger partial charge is 0.259 e. The van der Waals surface area contributed by atoms with Crippen LogP contribution in [0.25, 0.3) is 0 Å². The first-order chi connectivity index (χ1) is 8.20. The fourth-order valence-electron chi connectivity index (χ4n) is 1.27. The molecule has 0 unspecified atom stereocenters. The first kappa shape index (κ1) is 11.7. The summed E-state index contributed by atoms with van der Waals surface area (Å²) in [6.07, 6.45) is 0. The first-order valence-electron chi connectivity index (χ1n) is 4.64. The number of hydrogen-bond acceptors (Lipinski definition) is 6. The molecule has 8 heteroatoms. The largest absolute Gasteiger partial charge is 0.387 e. The van der Waals surface area contributed by atoms with Gasteiger partial charge in [0.2, 0.25) is 5.13 Å². The Morgan fingerprint density at radius 1 is 1.47 bits per heavy atom. The lowest BCUT2D eigenvalue weighted by atomic mass is 10.1. The average molecular weight is 270 g/mol. The van der Waals surface area contributed by atoms with Crippen LogP contribution in [0.4, 0.5) is 10.8 Å². The third kappa shape index (κ3) is 2.69. The van der Waals surface area contributed by atoms with Gasteiger partial charge in [-0.15, -0.1) is 0 Å². The van der Waals surface area contributed by atoms with Crippen LogP contribution in [0.3, 0.4) is 0 Å². The van der Waals surface area contributed by atoms with Crippen LogP contribution >= 0.6 is 23.1 Å². The number of hydrogen-bond donors (Lipinski definition) is 2. The minimum atomic E-state index is -0.310. The van der Waals surface area contributed by atoms with Crippen molar-refractivity contribution >= 4 is 39.9 Å². The topological polar surface area (TPSA) is 79.8 Å². The Labute approximate surface area is 106 Å². The molecule has 0 aliphatic rings. The third-order valence-electron chi connectivity index (χ3n) is 2.02. The Hall–Kier alpha value is -1.73. The lowest BCUT2D eigenvalue weighted by Gasteiger charge is -2.08. The van der Waals surface area contributed by atoms with E-state index >= 15 is 0 Å². The monoisotopic (exact) mass is 269 g/mol. The Morgan fingerprint density at radius 3 is 2.94 bits per heavy atom. The normalized spacial score (nSPS) is 10.0. The van der Waals surface area contributed by atoms with Gasteiger partial charge in [-0.25, -0.2) is 0 Å². The highest BCUT2D eigenvalue weighted by Crippen LogP contribution is 2.21. The van der Waals surface area contributed by atoms with E-state index in [0.29, 0.717) is 21.4 Å². The van der Waals surface area contributed by atoms with Gasteiger partial charge < -0.3 is 5.32 Å². The number of rotatable bonds is 3. The fraction of sp³-hybridized carbons (Fsp3) is 0.111. The van der Waals surface area contributed by atoms with E-state index in [2.05, 4.69) is 25.4 Å². The number of carbonyl (C=O) groups is 1. The van der Waals surface area contributed by atoms with Crippen molar-refractivity contribution in [1.82, 2.24) is 14.8 Å². The maximum absolute atomic E-state index is 11.9. The number of amides is 1. The molecule has 6 nitrogen and oxygen atoms in total. The molecular weight excluding hydrogens is 262 g/mol. The van der Waals surface area contributed by atoms with Gasteiger partial charge in [-0.1, -0.05) is 21.2 Å². The van der Waals surface area contributed by atoms with Crippen molar-refractivity contribution in [2.45, 2.75) is 0 Å². The van der Waals surface area contributed by atoms with Crippen LogP contribution in [-0.2, 0) is 0 Å². The van der Waals surface area contributed by atoms with Crippen LogP contribution in [0.15, 0.2) is 18.2 Å². The van der Waals surface area contributed by atoms with E-state index in [1.165, 1.54) is 0 Å². The number of benzene rings is 1. The second-order valence-electron chi connectivity index (χ2n) is 3.06. The molecule has 1 aromatic heterocycles. The minimum Gasteiger partial charge on any atom is -0.387 e. The fourth-order valence-corrected chi connectivity index (χ4v) is 1.80. The van der Waals surface area contributed by atoms with Crippen LogP contribution < -0.4 is 10.6 Å². The zero-order valence-electron chi connectivity index (χ0n) is 8.77. The highest BCUT2D eigenvalue weighted by molar-refractivity contribution is 7.09. The molecule has 0 atom stereocenters. The van der Waals surface area contributed by atoms with Gasteiger partial charge in [0.05, 0.1) is 5.56 Å². The molecule has 17 heavy (non-hydrogen) atoms. The molecule has 1 heterocycles. The minimum absolute atomic E-state index is 0.310. The van der Waals surface area contributed by atoms with Crippen LogP contribution in [0.1, 0.15) is 10.4 Å².